The van der Waals surface area contributed by atoms with Crippen LogP contribution in [0.2, 0.25) is 0 Å². The number of nitrogens with zero attached hydrogens (tertiary/aromatic N) is 1. The van der Waals surface area contributed by atoms with E-state index in [0.717, 1.165) is 38.3 Å². The Morgan fingerprint density at radius 1 is 1.20 bits per heavy atom. The molecule has 3 N–H and O–H groups in total. The van der Waals surface area contributed by atoms with Gasteiger partial charge in [-0.25, -0.2) is 4.99 Å². The van der Waals surface area contributed by atoms with Crippen LogP contribution in [0.3, 0.4) is 0 Å². The molecule has 0 spiro atoms. The molecule has 0 radical (unpaired) electrons. The Hall–Kier alpha value is -1.58. The van der Waals surface area contributed by atoms with Gasteiger partial charge in [-0.3, -0.25) is 0 Å². The highest BCUT2D eigenvalue weighted by Gasteiger charge is 2.29. The number of halogens is 1. The van der Waals surface area contributed by atoms with Crippen LogP contribution < -0.4 is 10.6 Å². The number of hydrogen-bond acceptors (Lipinski definition) is 4. The summed E-state index contributed by atoms with van der Waals surface area (Å²) >= 11 is 0. The van der Waals surface area contributed by atoms with Crippen molar-refractivity contribution in [3.63, 3.8) is 0 Å². The maximum atomic E-state index is 10.7. The largest absolute Gasteiger partial charge is 0.463 e. The van der Waals surface area contributed by atoms with E-state index in [-0.39, 0.29) is 36.6 Å². The highest BCUT2D eigenvalue weighted by molar-refractivity contribution is 14.0. The van der Waals surface area contributed by atoms with Gasteiger partial charge in [0.2, 0.25) is 0 Å². The molecule has 1 aliphatic rings. The van der Waals surface area contributed by atoms with Gasteiger partial charge in [0.25, 0.3) is 0 Å². The normalized spacial score (nSPS) is 21.4. The van der Waals surface area contributed by atoms with Gasteiger partial charge in [0.05, 0.1) is 12.6 Å². The highest BCUT2D eigenvalue weighted by atomic mass is 127. The summed E-state index contributed by atoms with van der Waals surface area (Å²) in [7, 11) is 0. The fraction of sp³-hybridized carbons (Fsp3) is 0.522. The van der Waals surface area contributed by atoms with Gasteiger partial charge >= 0.3 is 0 Å². The van der Waals surface area contributed by atoms with E-state index >= 15 is 0 Å². The van der Waals surface area contributed by atoms with Gasteiger partial charge in [-0.05, 0) is 51.3 Å². The minimum atomic E-state index is -1.16. The second kappa shape index (κ2) is 11.7. The number of guanidine groups is 1. The molecule has 2 heterocycles. The summed E-state index contributed by atoms with van der Waals surface area (Å²) in [6.45, 7) is 8.13. The van der Waals surface area contributed by atoms with Crippen molar-refractivity contribution in [1.29, 1.82) is 0 Å². The van der Waals surface area contributed by atoms with Gasteiger partial charge < -0.3 is 24.9 Å². The van der Waals surface area contributed by atoms with Crippen LogP contribution in [0.25, 0.3) is 0 Å². The summed E-state index contributed by atoms with van der Waals surface area (Å²) in [5.41, 5.74) is 0.0639. The molecule has 1 saturated heterocycles. The molecule has 3 rings (SSSR count). The first-order valence-corrected chi connectivity index (χ1v) is 10.5. The first-order valence-electron chi connectivity index (χ1n) is 10.5. The topological polar surface area (TPSA) is 79.0 Å². The molecule has 6 nitrogen and oxygen atoms in total. The first kappa shape index (κ1) is 24.7. The first-order chi connectivity index (χ1) is 14.0. The van der Waals surface area contributed by atoms with Crippen molar-refractivity contribution in [2.24, 2.45) is 10.9 Å². The van der Waals surface area contributed by atoms with E-state index < -0.39 is 5.60 Å². The monoisotopic (exact) mass is 527 g/mol. The number of aliphatic imine (C=N–C) groups is 1. The van der Waals surface area contributed by atoms with E-state index in [1.165, 1.54) is 5.56 Å². The van der Waals surface area contributed by atoms with E-state index in [1.54, 1.807) is 13.0 Å². The molecule has 7 heteroatoms. The van der Waals surface area contributed by atoms with E-state index in [9.17, 15) is 5.11 Å². The van der Waals surface area contributed by atoms with E-state index in [4.69, 9.17) is 9.15 Å². The third-order valence-corrected chi connectivity index (χ3v) is 5.27. The lowest BCUT2D eigenvalue weighted by molar-refractivity contribution is -0.0265. The smallest absolute Gasteiger partial charge is 0.191 e. The van der Waals surface area contributed by atoms with Crippen LogP contribution >= 0.6 is 24.0 Å². The predicted octanol–water partition coefficient (Wildman–Crippen LogP) is 4.14. The lowest BCUT2D eigenvalue weighted by Crippen LogP contribution is -2.42. The van der Waals surface area contributed by atoms with Gasteiger partial charge in [-0.2, -0.15) is 0 Å². The maximum absolute atomic E-state index is 10.7. The number of aliphatic hydroxyl groups is 1. The van der Waals surface area contributed by atoms with Crippen molar-refractivity contribution in [2.75, 3.05) is 26.2 Å². The maximum Gasteiger partial charge on any atom is 0.191 e. The lowest BCUT2D eigenvalue weighted by Gasteiger charge is -2.32. The molecule has 0 aliphatic carbocycles. The SMILES string of the molecule is CCNC(=NCC(C)(O)c1ccc(C)o1)NCC1CCCOC1c1ccccc1.I. The quantitative estimate of drug-likeness (QED) is 0.287. The Morgan fingerprint density at radius 2 is 1.97 bits per heavy atom. The van der Waals surface area contributed by atoms with Crippen molar-refractivity contribution in [3.8, 4) is 0 Å². The third-order valence-electron chi connectivity index (χ3n) is 5.27. The van der Waals surface area contributed by atoms with Gasteiger partial charge in [-0.15, -0.1) is 24.0 Å². The Labute approximate surface area is 196 Å². The summed E-state index contributed by atoms with van der Waals surface area (Å²) in [5.74, 6) is 2.36. The second-order valence-electron chi connectivity index (χ2n) is 7.86. The number of aryl methyl sites for hydroxylation is 1. The van der Waals surface area contributed by atoms with Gasteiger partial charge in [0.1, 0.15) is 17.1 Å². The van der Waals surface area contributed by atoms with E-state index in [2.05, 4.69) is 39.9 Å². The molecule has 1 aliphatic heterocycles. The number of ether oxygens (including phenoxy) is 1. The fourth-order valence-electron chi connectivity index (χ4n) is 3.67. The average molecular weight is 527 g/mol. The lowest BCUT2D eigenvalue weighted by atomic mass is 9.89. The summed E-state index contributed by atoms with van der Waals surface area (Å²) in [5, 5.41) is 17.4. The van der Waals surface area contributed by atoms with Crippen molar-refractivity contribution < 1.29 is 14.3 Å². The molecule has 0 bridgehead atoms. The number of furan rings is 1. The number of hydrogen-bond donors (Lipinski definition) is 3. The van der Waals surface area contributed by atoms with Crippen LogP contribution in [-0.4, -0.2) is 37.3 Å². The second-order valence-corrected chi connectivity index (χ2v) is 7.86. The molecule has 166 valence electrons. The standard InChI is InChI=1S/C23H33N3O3.HI/c1-4-24-22(26-16-23(3,27)20-13-12-17(2)29-20)25-15-19-11-8-14-28-21(19)18-9-6-5-7-10-18;/h5-7,9-10,12-13,19,21,27H,4,8,11,14-16H2,1-3H3,(H2,24,25,26);1H. The molecule has 1 aromatic carbocycles. The predicted molar refractivity (Wildman–Crippen MR) is 130 cm³/mol. The Kier molecular flexibility index (Phi) is 9.64. The van der Waals surface area contributed by atoms with Crippen molar-refractivity contribution >= 4 is 29.9 Å². The molecule has 30 heavy (non-hydrogen) atoms. The highest BCUT2D eigenvalue weighted by Crippen LogP contribution is 2.33. The van der Waals surface area contributed by atoms with Crippen LogP contribution in [0, 0.1) is 12.8 Å². The van der Waals surface area contributed by atoms with Crippen LogP contribution in [0.15, 0.2) is 51.9 Å². The molecule has 0 amide bonds. The van der Waals surface area contributed by atoms with Crippen molar-refractivity contribution in [1.82, 2.24) is 10.6 Å². The molecule has 1 aromatic heterocycles. The zero-order valence-electron chi connectivity index (χ0n) is 18.1. The van der Waals surface area contributed by atoms with Gasteiger partial charge in [0.15, 0.2) is 5.96 Å². The zero-order chi connectivity index (χ0) is 20.7. The minimum absolute atomic E-state index is 0. The Morgan fingerprint density at radius 3 is 2.63 bits per heavy atom. The molecule has 2 aromatic rings. The number of benzene rings is 1. The van der Waals surface area contributed by atoms with Crippen LogP contribution in [0.5, 0.6) is 0 Å². The van der Waals surface area contributed by atoms with Gasteiger partial charge in [-0.1, -0.05) is 30.3 Å². The van der Waals surface area contributed by atoms with Crippen LogP contribution in [-0.2, 0) is 10.3 Å². The fourth-order valence-corrected chi connectivity index (χ4v) is 3.67. The molecule has 3 unspecified atom stereocenters. The number of rotatable bonds is 7. The van der Waals surface area contributed by atoms with Gasteiger partial charge in [0, 0.05) is 25.6 Å². The molecular formula is C23H34IN3O3. The molecule has 1 fully saturated rings. The molecule has 3 atom stereocenters. The Bertz CT molecular complexity index is 792. The minimum Gasteiger partial charge on any atom is -0.463 e. The summed E-state index contributed by atoms with van der Waals surface area (Å²) in [6, 6.07) is 14.1. The Balaban J connectivity index is 0.00000320. The van der Waals surface area contributed by atoms with Crippen LogP contribution in [0.1, 0.15) is 49.9 Å². The third kappa shape index (κ3) is 6.72. The van der Waals surface area contributed by atoms with Crippen molar-refractivity contribution in [3.05, 3.63) is 59.5 Å². The summed E-state index contributed by atoms with van der Waals surface area (Å²) in [6.07, 6.45) is 2.26. The number of nitrogens with one attached hydrogen (secondary N) is 2. The summed E-state index contributed by atoms with van der Waals surface area (Å²) < 4.78 is 11.7. The molecular weight excluding hydrogens is 493 g/mol. The van der Waals surface area contributed by atoms with Crippen molar-refractivity contribution in [2.45, 2.75) is 45.3 Å². The van der Waals surface area contributed by atoms with E-state index in [1.807, 2.05) is 26.0 Å². The zero-order valence-corrected chi connectivity index (χ0v) is 20.4. The molecule has 0 saturated carbocycles. The van der Waals surface area contributed by atoms with E-state index in [0.29, 0.717) is 17.6 Å². The van der Waals surface area contributed by atoms with Crippen LogP contribution in [0.4, 0.5) is 0 Å². The average Bonchev–Trinajstić information content (AvgIpc) is 3.18. The summed E-state index contributed by atoms with van der Waals surface area (Å²) in [4.78, 5) is 4.60.